The first-order valence-corrected chi connectivity index (χ1v) is 4.90. The summed E-state index contributed by atoms with van der Waals surface area (Å²) in [6, 6.07) is 5.23. The van der Waals surface area contributed by atoms with E-state index in [2.05, 4.69) is 0 Å². The Labute approximate surface area is 99.8 Å². The van der Waals surface area contributed by atoms with E-state index in [1.807, 2.05) is 0 Å². The minimum absolute atomic E-state index is 0.0306. The van der Waals surface area contributed by atoms with Crippen molar-refractivity contribution in [1.82, 2.24) is 0 Å². The van der Waals surface area contributed by atoms with Crippen LogP contribution in [0.15, 0.2) is 24.3 Å². The van der Waals surface area contributed by atoms with E-state index >= 15 is 0 Å². The molecular formula is C12H8F4N2. The summed E-state index contributed by atoms with van der Waals surface area (Å²) < 4.78 is 53.7. The van der Waals surface area contributed by atoms with Crippen molar-refractivity contribution in [2.75, 3.05) is 11.5 Å². The van der Waals surface area contributed by atoms with E-state index in [1.165, 1.54) is 24.3 Å². The zero-order valence-electron chi connectivity index (χ0n) is 8.98. The third-order valence-corrected chi connectivity index (χ3v) is 2.50. The van der Waals surface area contributed by atoms with E-state index < -0.39 is 34.5 Å². The highest BCUT2D eigenvalue weighted by Gasteiger charge is 2.24. The van der Waals surface area contributed by atoms with Gasteiger partial charge in [-0.3, -0.25) is 0 Å². The van der Waals surface area contributed by atoms with Crippen LogP contribution < -0.4 is 11.5 Å². The molecule has 4 N–H and O–H groups in total. The SMILES string of the molecule is Nc1ccc(-c2c(F)c(F)c(N)c(F)c2F)cc1. The van der Waals surface area contributed by atoms with Crippen LogP contribution in [0, 0.1) is 23.3 Å². The van der Waals surface area contributed by atoms with Crippen LogP contribution in [0.3, 0.4) is 0 Å². The zero-order chi connectivity index (χ0) is 13.4. The molecule has 0 saturated heterocycles. The fourth-order valence-corrected chi connectivity index (χ4v) is 1.55. The first-order chi connectivity index (χ1) is 8.43. The molecule has 0 atom stereocenters. The molecule has 0 aliphatic carbocycles. The highest BCUT2D eigenvalue weighted by atomic mass is 19.2. The lowest BCUT2D eigenvalue weighted by molar-refractivity contribution is 0.464. The third-order valence-electron chi connectivity index (χ3n) is 2.50. The van der Waals surface area contributed by atoms with E-state index in [9.17, 15) is 17.6 Å². The molecule has 0 saturated carbocycles. The molecule has 0 aliphatic heterocycles. The Balaban J connectivity index is 2.75. The van der Waals surface area contributed by atoms with Gasteiger partial charge in [-0.05, 0) is 17.7 Å². The van der Waals surface area contributed by atoms with Crippen molar-refractivity contribution >= 4 is 11.4 Å². The first kappa shape index (κ1) is 12.2. The summed E-state index contributed by atoms with van der Waals surface area (Å²) in [5.41, 5.74) is 8.66. The van der Waals surface area contributed by atoms with Crippen LogP contribution >= 0.6 is 0 Å². The maximum Gasteiger partial charge on any atom is 0.185 e. The Hall–Kier alpha value is -2.24. The number of rotatable bonds is 1. The first-order valence-electron chi connectivity index (χ1n) is 4.90. The molecule has 0 radical (unpaired) electrons. The molecule has 0 aliphatic rings. The molecule has 2 rings (SSSR count). The summed E-state index contributed by atoms with van der Waals surface area (Å²) in [6.07, 6.45) is 0. The predicted octanol–water partition coefficient (Wildman–Crippen LogP) is 3.07. The van der Waals surface area contributed by atoms with Gasteiger partial charge in [0, 0.05) is 5.69 Å². The van der Waals surface area contributed by atoms with E-state index in [-0.39, 0.29) is 5.56 Å². The van der Waals surface area contributed by atoms with E-state index in [4.69, 9.17) is 11.5 Å². The van der Waals surface area contributed by atoms with Crippen LogP contribution in [0.4, 0.5) is 28.9 Å². The summed E-state index contributed by atoms with van der Waals surface area (Å²) >= 11 is 0. The van der Waals surface area contributed by atoms with Crippen molar-refractivity contribution < 1.29 is 17.6 Å². The number of nitrogen functional groups attached to an aromatic ring is 2. The Morgan fingerprint density at radius 1 is 0.667 bits per heavy atom. The van der Waals surface area contributed by atoms with Gasteiger partial charge < -0.3 is 11.5 Å². The van der Waals surface area contributed by atoms with Crippen molar-refractivity contribution in [3.05, 3.63) is 47.5 Å². The Morgan fingerprint density at radius 3 is 1.56 bits per heavy atom. The van der Waals surface area contributed by atoms with Crippen LogP contribution in [0.1, 0.15) is 0 Å². The van der Waals surface area contributed by atoms with Crippen LogP contribution in [-0.4, -0.2) is 0 Å². The second-order valence-electron chi connectivity index (χ2n) is 3.67. The lowest BCUT2D eigenvalue weighted by Crippen LogP contribution is -2.05. The van der Waals surface area contributed by atoms with Crippen LogP contribution in [0.5, 0.6) is 0 Å². The number of halogens is 4. The Kier molecular flexibility index (Phi) is 2.86. The molecule has 2 aromatic carbocycles. The van der Waals surface area contributed by atoms with Gasteiger partial charge in [-0.25, -0.2) is 17.6 Å². The Bertz CT molecular complexity index is 579. The van der Waals surface area contributed by atoms with Crippen molar-refractivity contribution in [2.24, 2.45) is 0 Å². The molecule has 0 spiro atoms. The number of nitrogens with two attached hydrogens (primary N) is 2. The van der Waals surface area contributed by atoms with Crippen molar-refractivity contribution in [3.63, 3.8) is 0 Å². The average molecular weight is 256 g/mol. The van der Waals surface area contributed by atoms with Gasteiger partial charge in [0.05, 0.1) is 5.56 Å². The second kappa shape index (κ2) is 4.21. The molecule has 0 unspecified atom stereocenters. The minimum Gasteiger partial charge on any atom is -0.399 e. The zero-order valence-corrected chi connectivity index (χ0v) is 8.98. The van der Waals surface area contributed by atoms with Gasteiger partial charge in [0.1, 0.15) is 5.69 Å². The summed E-state index contributed by atoms with van der Waals surface area (Å²) in [7, 11) is 0. The molecule has 0 bridgehead atoms. The van der Waals surface area contributed by atoms with Crippen molar-refractivity contribution in [3.8, 4) is 11.1 Å². The number of benzene rings is 2. The summed E-state index contributed by atoms with van der Waals surface area (Å²) in [6.45, 7) is 0. The Morgan fingerprint density at radius 2 is 1.11 bits per heavy atom. The monoisotopic (exact) mass is 256 g/mol. The predicted molar refractivity (Wildman–Crippen MR) is 60.5 cm³/mol. The van der Waals surface area contributed by atoms with Crippen LogP contribution in [-0.2, 0) is 0 Å². The molecule has 0 aromatic heterocycles. The van der Waals surface area contributed by atoms with Crippen LogP contribution in [0.25, 0.3) is 11.1 Å². The largest absolute Gasteiger partial charge is 0.399 e. The molecule has 0 fully saturated rings. The van der Waals surface area contributed by atoms with Gasteiger partial charge in [0.25, 0.3) is 0 Å². The molecular weight excluding hydrogens is 248 g/mol. The number of hydrogen-bond acceptors (Lipinski definition) is 2. The van der Waals surface area contributed by atoms with E-state index in [0.29, 0.717) is 5.69 Å². The minimum atomic E-state index is -1.61. The van der Waals surface area contributed by atoms with Crippen molar-refractivity contribution in [1.29, 1.82) is 0 Å². The van der Waals surface area contributed by atoms with E-state index in [0.717, 1.165) is 0 Å². The summed E-state index contributed by atoms with van der Waals surface area (Å²) in [4.78, 5) is 0. The van der Waals surface area contributed by atoms with Gasteiger partial charge in [0.15, 0.2) is 23.3 Å². The summed E-state index contributed by atoms with van der Waals surface area (Å²) in [5, 5.41) is 0. The van der Waals surface area contributed by atoms with E-state index in [1.54, 1.807) is 0 Å². The number of hydrogen-bond donors (Lipinski definition) is 2. The maximum absolute atomic E-state index is 13.6. The molecule has 0 amide bonds. The lowest BCUT2D eigenvalue weighted by Gasteiger charge is -2.09. The maximum atomic E-state index is 13.6. The average Bonchev–Trinajstić information content (AvgIpc) is 2.36. The van der Waals surface area contributed by atoms with Gasteiger partial charge in [-0.1, -0.05) is 12.1 Å². The molecule has 2 aromatic rings. The second-order valence-corrected chi connectivity index (χ2v) is 3.67. The number of anilines is 2. The lowest BCUT2D eigenvalue weighted by atomic mass is 10.0. The molecule has 18 heavy (non-hydrogen) atoms. The highest BCUT2D eigenvalue weighted by Crippen LogP contribution is 2.33. The molecule has 94 valence electrons. The quantitative estimate of drug-likeness (QED) is 0.468. The van der Waals surface area contributed by atoms with Gasteiger partial charge >= 0.3 is 0 Å². The fraction of sp³-hybridized carbons (Fsp3) is 0. The van der Waals surface area contributed by atoms with Gasteiger partial charge in [-0.2, -0.15) is 0 Å². The molecule has 2 nitrogen and oxygen atoms in total. The van der Waals surface area contributed by atoms with Gasteiger partial charge in [0.2, 0.25) is 0 Å². The van der Waals surface area contributed by atoms with Crippen LogP contribution in [0.2, 0.25) is 0 Å². The molecule has 0 heterocycles. The topological polar surface area (TPSA) is 52.0 Å². The van der Waals surface area contributed by atoms with Crippen molar-refractivity contribution in [2.45, 2.75) is 0 Å². The fourth-order valence-electron chi connectivity index (χ4n) is 1.55. The summed E-state index contributed by atoms with van der Waals surface area (Å²) in [5.74, 6) is -6.28. The third kappa shape index (κ3) is 1.75. The molecule has 6 heteroatoms. The normalized spacial score (nSPS) is 10.7. The highest BCUT2D eigenvalue weighted by molar-refractivity contribution is 5.69. The van der Waals surface area contributed by atoms with Gasteiger partial charge in [-0.15, -0.1) is 0 Å². The smallest absolute Gasteiger partial charge is 0.185 e. The standard InChI is InChI=1S/C12H8F4N2/c13-8-7(5-1-3-6(17)4-2-5)9(14)11(16)12(18)10(8)15/h1-4H,17-18H2.